The Morgan fingerprint density at radius 1 is 1.35 bits per heavy atom. The SMILES string of the molecule is C=CC1COC/C1=C(/C=C/C(=O)OC)c1ccccc1. The Morgan fingerprint density at radius 2 is 2.10 bits per heavy atom. The number of ether oxygens (including phenoxy) is 2. The Hall–Kier alpha value is -2.13. The minimum atomic E-state index is -0.368. The standard InChI is InChI=1S/C17H18O3/c1-3-13-11-20-12-16(13)15(9-10-17(18)19-2)14-7-5-4-6-8-14/h3-10,13H,1,11-12H2,2H3/b10-9+,16-15+. The highest BCUT2D eigenvalue weighted by molar-refractivity contribution is 5.88. The molecule has 1 atom stereocenters. The lowest BCUT2D eigenvalue weighted by Crippen LogP contribution is -2.01. The Balaban J connectivity index is 2.44. The van der Waals surface area contributed by atoms with Crippen molar-refractivity contribution in [1.29, 1.82) is 0 Å². The first-order valence-corrected chi connectivity index (χ1v) is 6.51. The molecule has 1 unspecified atom stereocenters. The van der Waals surface area contributed by atoms with Crippen LogP contribution in [0.1, 0.15) is 5.56 Å². The molecule has 0 aromatic heterocycles. The van der Waals surface area contributed by atoms with Crippen LogP contribution in [-0.2, 0) is 14.3 Å². The molecule has 1 aromatic rings. The molecule has 20 heavy (non-hydrogen) atoms. The van der Waals surface area contributed by atoms with Gasteiger partial charge in [0.1, 0.15) is 0 Å². The molecule has 1 fully saturated rings. The third-order valence-electron chi connectivity index (χ3n) is 3.31. The molecule has 0 aliphatic carbocycles. The molecule has 1 heterocycles. The van der Waals surface area contributed by atoms with E-state index >= 15 is 0 Å². The first-order valence-electron chi connectivity index (χ1n) is 6.51. The summed E-state index contributed by atoms with van der Waals surface area (Å²) in [6.07, 6.45) is 5.12. The number of rotatable bonds is 4. The van der Waals surface area contributed by atoms with Gasteiger partial charge in [0, 0.05) is 12.0 Å². The van der Waals surface area contributed by atoms with Crippen molar-refractivity contribution in [2.45, 2.75) is 0 Å². The van der Waals surface area contributed by atoms with Crippen LogP contribution >= 0.6 is 0 Å². The zero-order valence-electron chi connectivity index (χ0n) is 11.5. The predicted molar refractivity (Wildman–Crippen MR) is 79.0 cm³/mol. The van der Waals surface area contributed by atoms with E-state index in [0.717, 1.165) is 16.7 Å². The summed E-state index contributed by atoms with van der Waals surface area (Å²) in [5.41, 5.74) is 3.20. The van der Waals surface area contributed by atoms with E-state index in [4.69, 9.17) is 4.74 Å². The highest BCUT2D eigenvalue weighted by Crippen LogP contribution is 2.30. The van der Waals surface area contributed by atoms with Gasteiger partial charge in [-0.3, -0.25) is 0 Å². The molecule has 1 aliphatic rings. The second-order valence-electron chi connectivity index (χ2n) is 4.52. The van der Waals surface area contributed by atoms with Gasteiger partial charge >= 0.3 is 5.97 Å². The van der Waals surface area contributed by atoms with Crippen molar-refractivity contribution in [2.24, 2.45) is 5.92 Å². The van der Waals surface area contributed by atoms with Crippen molar-refractivity contribution < 1.29 is 14.3 Å². The molecular weight excluding hydrogens is 252 g/mol. The van der Waals surface area contributed by atoms with Crippen LogP contribution in [0.25, 0.3) is 5.57 Å². The van der Waals surface area contributed by atoms with Crippen LogP contribution in [0.3, 0.4) is 0 Å². The lowest BCUT2D eigenvalue weighted by molar-refractivity contribution is -0.134. The molecule has 0 saturated carbocycles. The van der Waals surface area contributed by atoms with Gasteiger partial charge in [-0.15, -0.1) is 6.58 Å². The van der Waals surface area contributed by atoms with Crippen LogP contribution in [0.15, 0.2) is 60.7 Å². The van der Waals surface area contributed by atoms with Gasteiger partial charge in [0.2, 0.25) is 0 Å². The fourth-order valence-corrected chi connectivity index (χ4v) is 2.22. The van der Waals surface area contributed by atoms with Crippen LogP contribution in [0.2, 0.25) is 0 Å². The highest BCUT2D eigenvalue weighted by atomic mass is 16.5. The monoisotopic (exact) mass is 270 g/mol. The third kappa shape index (κ3) is 3.25. The van der Waals surface area contributed by atoms with Crippen molar-refractivity contribution in [3.63, 3.8) is 0 Å². The topological polar surface area (TPSA) is 35.5 Å². The maximum atomic E-state index is 11.3. The normalized spacial score (nSPS) is 20.9. The number of allylic oxidation sites excluding steroid dienone is 2. The molecule has 0 N–H and O–H groups in total. The average Bonchev–Trinajstić information content (AvgIpc) is 2.96. The van der Waals surface area contributed by atoms with Gasteiger partial charge in [-0.1, -0.05) is 36.4 Å². The maximum absolute atomic E-state index is 11.3. The molecule has 0 spiro atoms. The second-order valence-corrected chi connectivity index (χ2v) is 4.52. The summed E-state index contributed by atoms with van der Waals surface area (Å²) in [5.74, 6) is -0.180. The van der Waals surface area contributed by atoms with E-state index in [1.807, 2.05) is 36.4 Å². The summed E-state index contributed by atoms with van der Waals surface area (Å²) in [4.78, 5) is 11.3. The summed E-state index contributed by atoms with van der Waals surface area (Å²) in [6.45, 7) is 5.05. The van der Waals surface area contributed by atoms with Crippen molar-refractivity contribution in [3.05, 3.63) is 66.3 Å². The fraction of sp³-hybridized carbons (Fsp3) is 0.235. The average molecular weight is 270 g/mol. The van der Waals surface area contributed by atoms with Crippen molar-refractivity contribution in [2.75, 3.05) is 20.3 Å². The number of carbonyl (C=O) groups excluding carboxylic acids is 1. The number of benzene rings is 1. The quantitative estimate of drug-likeness (QED) is 0.479. The molecule has 0 amide bonds. The van der Waals surface area contributed by atoms with E-state index in [-0.39, 0.29) is 11.9 Å². The Kier molecular flexibility index (Phi) is 4.91. The molecule has 0 radical (unpaired) electrons. The Morgan fingerprint density at radius 3 is 2.75 bits per heavy atom. The zero-order valence-corrected chi connectivity index (χ0v) is 11.5. The number of hydrogen-bond acceptors (Lipinski definition) is 3. The first-order chi connectivity index (χ1) is 9.76. The van der Waals surface area contributed by atoms with Crippen molar-refractivity contribution >= 4 is 11.5 Å². The van der Waals surface area contributed by atoms with Gasteiger partial charge in [0.15, 0.2) is 0 Å². The molecule has 104 valence electrons. The first kappa shape index (κ1) is 14.3. The number of esters is 1. The van der Waals surface area contributed by atoms with E-state index in [2.05, 4.69) is 11.3 Å². The van der Waals surface area contributed by atoms with Crippen molar-refractivity contribution in [3.8, 4) is 0 Å². The van der Waals surface area contributed by atoms with Crippen LogP contribution in [0, 0.1) is 5.92 Å². The molecule has 0 bridgehead atoms. The van der Waals surface area contributed by atoms with Gasteiger partial charge in [0.25, 0.3) is 0 Å². The van der Waals surface area contributed by atoms with Gasteiger partial charge in [-0.05, 0) is 22.8 Å². The Bertz CT molecular complexity index is 541. The molecule has 1 aromatic carbocycles. The van der Waals surface area contributed by atoms with Gasteiger partial charge in [-0.25, -0.2) is 4.79 Å². The van der Waals surface area contributed by atoms with Gasteiger partial charge < -0.3 is 9.47 Å². The lowest BCUT2D eigenvalue weighted by atomic mass is 9.92. The van der Waals surface area contributed by atoms with Crippen LogP contribution < -0.4 is 0 Å². The molecule has 1 saturated heterocycles. The summed E-state index contributed by atoms with van der Waals surface area (Å²) >= 11 is 0. The molecule has 1 aliphatic heterocycles. The molecule has 3 heteroatoms. The summed E-state index contributed by atoms with van der Waals surface area (Å²) in [7, 11) is 1.37. The van der Waals surface area contributed by atoms with E-state index in [0.29, 0.717) is 13.2 Å². The van der Waals surface area contributed by atoms with Crippen LogP contribution in [0.4, 0.5) is 0 Å². The predicted octanol–water partition coefficient (Wildman–Crippen LogP) is 3.00. The lowest BCUT2D eigenvalue weighted by Gasteiger charge is -2.11. The molecule has 3 nitrogen and oxygen atoms in total. The Labute approximate surface area is 119 Å². The molecule has 2 rings (SSSR count). The second kappa shape index (κ2) is 6.87. The smallest absolute Gasteiger partial charge is 0.330 e. The van der Waals surface area contributed by atoms with E-state index in [9.17, 15) is 4.79 Å². The zero-order chi connectivity index (χ0) is 14.4. The minimum absolute atomic E-state index is 0.188. The van der Waals surface area contributed by atoms with E-state index < -0.39 is 0 Å². The highest BCUT2D eigenvalue weighted by Gasteiger charge is 2.22. The molecular formula is C17H18O3. The van der Waals surface area contributed by atoms with Gasteiger partial charge in [-0.2, -0.15) is 0 Å². The third-order valence-corrected chi connectivity index (χ3v) is 3.31. The summed E-state index contributed by atoms with van der Waals surface area (Å²) in [6, 6.07) is 9.94. The number of methoxy groups -OCH3 is 1. The van der Waals surface area contributed by atoms with E-state index in [1.165, 1.54) is 13.2 Å². The van der Waals surface area contributed by atoms with Crippen LogP contribution in [-0.4, -0.2) is 26.3 Å². The fourth-order valence-electron chi connectivity index (χ4n) is 2.22. The minimum Gasteiger partial charge on any atom is -0.466 e. The summed E-state index contributed by atoms with van der Waals surface area (Å²) in [5, 5.41) is 0. The summed E-state index contributed by atoms with van der Waals surface area (Å²) < 4.78 is 10.2. The maximum Gasteiger partial charge on any atom is 0.330 e. The van der Waals surface area contributed by atoms with Crippen molar-refractivity contribution in [1.82, 2.24) is 0 Å². The van der Waals surface area contributed by atoms with E-state index in [1.54, 1.807) is 6.08 Å². The van der Waals surface area contributed by atoms with Crippen LogP contribution in [0.5, 0.6) is 0 Å². The van der Waals surface area contributed by atoms with Gasteiger partial charge in [0.05, 0.1) is 20.3 Å². The largest absolute Gasteiger partial charge is 0.466 e. The number of hydrogen-bond donors (Lipinski definition) is 0. The number of carbonyl (C=O) groups is 1.